The minimum Gasteiger partial charge on any atom is -0.435 e. The van der Waals surface area contributed by atoms with Gasteiger partial charge in [-0.25, -0.2) is 0 Å². The molecule has 1 aromatic rings. The molecule has 2 rings (SSSR count). The molecule has 1 heterocycles. The van der Waals surface area contributed by atoms with Gasteiger partial charge in [0.1, 0.15) is 5.75 Å². The average molecular weight is 355 g/mol. The molecule has 2 atom stereocenters. The number of nitrogens with one attached hydrogen (secondary N) is 1. The number of hydrogen-bond acceptors (Lipinski definition) is 4. The van der Waals surface area contributed by atoms with E-state index in [1.165, 1.54) is 29.8 Å². The molecule has 5 nitrogen and oxygen atoms in total. The zero-order valence-corrected chi connectivity index (χ0v) is 14.3. The van der Waals surface area contributed by atoms with Gasteiger partial charge in [-0.05, 0) is 44.5 Å². The van der Waals surface area contributed by atoms with Crippen molar-refractivity contribution in [2.75, 3.05) is 19.8 Å². The first-order chi connectivity index (χ1) is 12.0. The van der Waals surface area contributed by atoms with Gasteiger partial charge >= 0.3 is 6.61 Å². The van der Waals surface area contributed by atoms with E-state index in [0.717, 1.165) is 0 Å². The summed E-state index contributed by atoms with van der Waals surface area (Å²) in [6.07, 6.45) is 2.55. The molecular weight excluding hydrogens is 332 g/mol. The molecule has 0 spiro atoms. The molecule has 1 aromatic carbocycles. The normalized spacial score (nSPS) is 20.2. The fourth-order valence-electron chi connectivity index (χ4n) is 2.43. The van der Waals surface area contributed by atoms with Crippen molar-refractivity contribution in [1.29, 1.82) is 0 Å². The molecule has 1 saturated heterocycles. The molecule has 0 aliphatic carbocycles. The molecule has 0 unspecified atom stereocenters. The SMILES string of the molecule is CC(C)=CCO[C@H]1CCOC[C@H]1NC(=O)c1ccc(OC(F)F)cc1. The Kier molecular flexibility index (Phi) is 7.33. The van der Waals surface area contributed by atoms with E-state index in [0.29, 0.717) is 31.8 Å². The van der Waals surface area contributed by atoms with Crippen LogP contribution < -0.4 is 10.1 Å². The lowest BCUT2D eigenvalue weighted by Gasteiger charge is -2.31. The second-order valence-corrected chi connectivity index (χ2v) is 6.00. The molecule has 0 saturated carbocycles. The lowest BCUT2D eigenvalue weighted by atomic mass is 10.1. The number of amides is 1. The van der Waals surface area contributed by atoms with Gasteiger partial charge in [-0.1, -0.05) is 11.6 Å². The molecule has 1 aliphatic rings. The summed E-state index contributed by atoms with van der Waals surface area (Å²) in [7, 11) is 0. The highest BCUT2D eigenvalue weighted by atomic mass is 19.3. The summed E-state index contributed by atoms with van der Waals surface area (Å²) in [5.74, 6) is -0.301. The van der Waals surface area contributed by atoms with Crippen LogP contribution in [0.3, 0.4) is 0 Å². The summed E-state index contributed by atoms with van der Waals surface area (Å²) in [6, 6.07) is 5.29. The molecule has 0 bridgehead atoms. The van der Waals surface area contributed by atoms with Gasteiger partial charge < -0.3 is 19.5 Å². The highest BCUT2D eigenvalue weighted by Gasteiger charge is 2.28. The third-order valence-electron chi connectivity index (χ3n) is 3.75. The van der Waals surface area contributed by atoms with Crippen molar-refractivity contribution in [3.63, 3.8) is 0 Å². The number of carbonyl (C=O) groups is 1. The maximum atomic E-state index is 12.4. The molecule has 138 valence electrons. The molecule has 1 amide bonds. The summed E-state index contributed by atoms with van der Waals surface area (Å²) < 4.78 is 39.8. The predicted molar refractivity (Wildman–Crippen MR) is 88.9 cm³/mol. The smallest absolute Gasteiger partial charge is 0.387 e. The molecule has 0 radical (unpaired) electrons. The molecule has 1 fully saturated rings. The fraction of sp³-hybridized carbons (Fsp3) is 0.500. The Morgan fingerprint density at radius 2 is 2.08 bits per heavy atom. The van der Waals surface area contributed by atoms with Crippen molar-refractivity contribution >= 4 is 5.91 Å². The van der Waals surface area contributed by atoms with E-state index in [1.54, 1.807) is 0 Å². The van der Waals surface area contributed by atoms with E-state index in [-0.39, 0.29) is 23.8 Å². The Balaban J connectivity index is 1.93. The molecule has 7 heteroatoms. The van der Waals surface area contributed by atoms with Crippen molar-refractivity contribution < 1.29 is 27.8 Å². The summed E-state index contributed by atoms with van der Waals surface area (Å²) in [4.78, 5) is 12.4. The van der Waals surface area contributed by atoms with Gasteiger partial charge in [-0.3, -0.25) is 4.79 Å². The Morgan fingerprint density at radius 3 is 2.72 bits per heavy atom. The Bertz CT molecular complexity index is 585. The van der Waals surface area contributed by atoms with Gasteiger partial charge in [0.15, 0.2) is 0 Å². The van der Waals surface area contributed by atoms with Gasteiger partial charge in [0.2, 0.25) is 0 Å². The van der Waals surface area contributed by atoms with Crippen LogP contribution in [0.1, 0.15) is 30.6 Å². The lowest BCUT2D eigenvalue weighted by Crippen LogP contribution is -2.50. The Labute approximate surface area is 145 Å². The van der Waals surface area contributed by atoms with Crippen LogP contribution in [0.15, 0.2) is 35.9 Å². The van der Waals surface area contributed by atoms with Gasteiger partial charge in [-0.15, -0.1) is 0 Å². The first-order valence-electron chi connectivity index (χ1n) is 8.14. The Morgan fingerprint density at radius 1 is 1.36 bits per heavy atom. The van der Waals surface area contributed by atoms with E-state index in [4.69, 9.17) is 9.47 Å². The second kappa shape index (κ2) is 9.48. The van der Waals surface area contributed by atoms with Gasteiger partial charge in [0.05, 0.1) is 25.4 Å². The first-order valence-corrected chi connectivity index (χ1v) is 8.14. The summed E-state index contributed by atoms with van der Waals surface area (Å²) >= 11 is 0. The highest BCUT2D eigenvalue weighted by Crippen LogP contribution is 2.16. The van der Waals surface area contributed by atoms with E-state index < -0.39 is 6.61 Å². The van der Waals surface area contributed by atoms with Crippen LogP contribution in [0.2, 0.25) is 0 Å². The first kappa shape index (κ1) is 19.3. The van der Waals surface area contributed by atoms with Gasteiger partial charge in [0, 0.05) is 12.2 Å². The van der Waals surface area contributed by atoms with Crippen molar-refractivity contribution in [3.8, 4) is 5.75 Å². The van der Waals surface area contributed by atoms with Gasteiger partial charge in [-0.2, -0.15) is 8.78 Å². The summed E-state index contributed by atoms with van der Waals surface area (Å²) in [6.45, 7) is 2.54. The van der Waals surface area contributed by atoms with E-state index in [9.17, 15) is 13.6 Å². The van der Waals surface area contributed by atoms with Crippen molar-refractivity contribution in [1.82, 2.24) is 5.32 Å². The topological polar surface area (TPSA) is 56.8 Å². The van der Waals surface area contributed by atoms with Crippen LogP contribution in [-0.2, 0) is 9.47 Å². The van der Waals surface area contributed by atoms with E-state index >= 15 is 0 Å². The minimum atomic E-state index is -2.89. The lowest BCUT2D eigenvalue weighted by molar-refractivity contribution is -0.0498. The van der Waals surface area contributed by atoms with Gasteiger partial charge in [0.25, 0.3) is 5.91 Å². The van der Waals surface area contributed by atoms with Crippen LogP contribution in [0, 0.1) is 0 Å². The summed E-state index contributed by atoms with van der Waals surface area (Å²) in [5, 5.41) is 2.89. The van der Waals surface area contributed by atoms with Crippen LogP contribution in [-0.4, -0.2) is 44.5 Å². The highest BCUT2D eigenvalue weighted by molar-refractivity contribution is 5.94. The molecular formula is C18H23F2NO4. The number of allylic oxidation sites excluding steroid dienone is 1. The number of carbonyl (C=O) groups excluding carboxylic acids is 1. The predicted octanol–water partition coefficient (Wildman–Crippen LogP) is 3.16. The third-order valence-corrected chi connectivity index (χ3v) is 3.75. The van der Waals surface area contributed by atoms with Crippen LogP contribution in [0.25, 0.3) is 0 Å². The number of benzene rings is 1. The molecule has 1 N–H and O–H groups in total. The maximum absolute atomic E-state index is 12.4. The zero-order valence-electron chi connectivity index (χ0n) is 14.3. The largest absolute Gasteiger partial charge is 0.435 e. The Hall–Kier alpha value is -1.99. The van der Waals surface area contributed by atoms with Crippen LogP contribution in [0.5, 0.6) is 5.75 Å². The van der Waals surface area contributed by atoms with Crippen LogP contribution >= 0.6 is 0 Å². The summed E-state index contributed by atoms with van der Waals surface area (Å²) in [5.41, 5.74) is 1.52. The van der Waals surface area contributed by atoms with Crippen molar-refractivity contribution in [2.45, 2.75) is 39.0 Å². The van der Waals surface area contributed by atoms with Crippen molar-refractivity contribution in [2.24, 2.45) is 0 Å². The second-order valence-electron chi connectivity index (χ2n) is 6.00. The molecule has 0 aromatic heterocycles. The minimum absolute atomic E-state index is 0.00971. The standard InChI is InChI=1S/C18H23F2NO4/c1-12(2)7-10-24-16-8-9-23-11-15(16)21-17(22)13-3-5-14(6-4-13)25-18(19)20/h3-7,15-16,18H,8-11H2,1-2H3,(H,21,22)/t15-,16+/m1/s1. The quantitative estimate of drug-likeness (QED) is 0.764. The van der Waals surface area contributed by atoms with Crippen molar-refractivity contribution in [3.05, 3.63) is 41.5 Å². The number of halogens is 2. The fourth-order valence-corrected chi connectivity index (χ4v) is 2.43. The molecule has 1 aliphatic heterocycles. The number of rotatable bonds is 7. The number of alkyl halides is 2. The number of ether oxygens (including phenoxy) is 3. The third kappa shape index (κ3) is 6.43. The zero-order chi connectivity index (χ0) is 18.2. The molecule has 25 heavy (non-hydrogen) atoms. The maximum Gasteiger partial charge on any atom is 0.387 e. The van der Waals surface area contributed by atoms with E-state index in [1.807, 2.05) is 19.9 Å². The number of hydrogen-bond donors (Lipinski definition) is 1. The van der Waals surface area contributed by atoms with E-state index in [2.05, 4.69) is 10.1 Å². The average Bonchev–Trinajstić information content (AvgIpc) is 2.56. The monoisotopic (exact) mass is 355 g/mol. The van der Waals surface area contributed by atoms with Crippen LogP contribution in [0.4, 0.5) is 8.78 Å².